The van der Waals surface area contributed by atoms with Gasteiger partial charge in [0.1, 0.15) is 0 Å². The van der Waals surface area contributed by atoms with Gasteiger partial charge in [-0.3, -0.25) is 0 Å². The zero-order valence-corrected chi connectivity index (χ0v) is 34.2. The summed E-state index contributed by atoms with van der Waals surface area (Å²) in [5, 5.41) is 7.41. The van der Waals surface area contributed by atoms with Gasteiger partial charge >= 0.3 is 0 Å². The predicted molar refractivity (Wildman–Crippen MR) is 259 cm³/mol. The van der Waals surface area contributed by atoms with E-state index < -0.39 is 0 Å². The van der Waals surface area contributed by atoms with Crippen LogP contribution in [0.3, 0.4) is 0 Å². The van der Waals surface area contributed by atoms with E-state index in [-0.39, 0.29) is 5.41 Å². The summed E-state index contributed by atoms with van der Waals surface area (Å²) in [5.74, 6) is 0. The summed E-state index contributed by atoms with van der Waals surface area (Å²) in [6.07, 6.45) is 0. The smallest absolute Gasteiger partial charge is 0.0546 e. The Bertz CT molecular complexity index is 3470. The van der Waals surface area contributed by atoms with Gasteiger partial charge in [0.05, 0.1) is 16.7 Å². The van der Waals surface area contributed by atoms with E-state index in [1.54, 1.807) is 0 Å². The standard InChI is InChI=1S/C59H42N2/c1-59(2)53-31-10-7-25-47(53)48-36-35-43(38-54(48)59)60(41-21-15-22-42(37-41)61-55-32-11-8-26-49(55)50-27-9-12-33-56(50)61)57-34-16-30-52(46-28-13-19-39-17-3-5-23-44(39)46)58(57)51-29-14-20-40-18-4-6-24-45(40)51/h3-38H,1-2H3. The van der Waals surface area contributed by atoms with Crippen LogP contribution in [0.15, 0.2) is 218 Å². The van der Waals surface area contributed by atoms with E-state index in [9.17, 15) is 0 Å². The van der Waals surface area contributed by atoms with Crippen LogP contribution in [0.5, 0.6) is 0 Å². The topological polar surface area (TPSA) is 8.17 Å². The summed E-state index contributed by atoms with van der Waals surface area (Å²) >= 11 is 0. The lowest BCUT2D eigenvalue weighted by Crippen LogP contribution is -2.17. The van der Waals surface area contributed by atoms with Crippen LogP contribution in [0, 0.1) is 0 Å². The van der Waals surface area contributed by atoms with Gasteiger partial charge in [-0.05, 0) is 109 Å². The average Bonchev–Trinajstić information content (AvgIpc) is 3.77. The summed E-state index contributed by atoms with van der Waals surface area (Å²) < 4.78 is 2.42. The Labute approximate surface area is 356 Å². The van der Waals surface area contributed by atoms with Crippen LogP contribution in [-0.4, -0.2) is 4.57 Å². The Hall–Kier alpha value is -7.68. The van der Waals surface area contributed by atoms with E-state index >= 15 is 0 Å². The maximum atomic E-state index is 2.52. The van der Waals surface area contributed by atoms with Crippen molar-refractivity contribution in [3.63, 3.8) is 0 Å². The van der Waals surface area contributed by atoms with Crippen molar-refractivity contribution in [2.45, 2.75) is 19.3 Å². The maximum Gasteiger partial charge on any atom is 0.0546 e. The van der Waals surface area contributed by atoms with E-state index in [1.807, 2.05) is 0 Å². The van der Waals surface area contributed by atoms with Crippen LogP contribution in [0.4, 0.5) is 17.1 Å². The minimum absolute atomic E-state index is 0.165. The Morgan fingerprint density at radius 3 is 1.61 bits per heavy atom. The second-order valence-electron chi connectivity index (χ2n) is 16.9. The van der Waals surface area contributed by atoms with Crippen molar-refractivity contribution in [3.05, 3.63) is 230 Å². The lowest BCUT2D eigenvalue weighted by molar-refractivity contribution is 0.660. The van der Waals surface area contributed by atoms with Crippen LogP contribution in [0.2, 0.25) is 0 Å². The van der Waals surface area contributed by atoms with Gasteiger partial charge in [0.25, 0.3) is 0 Å². The average molecular weight is 779 g/mol. The van der Waals surface area contributed by atoms with Crippen LogP contribution in [0.1, 0.15) is 25.0 Å². The van der Waals surface area contributed by atoms with E-state index in [0.717, 1.165) is 22.7 Å². The molecule has 0 spiro atoms. The molecule has 0 amide bonds. The van der Waals surface area contributed by atoms with Crippen LogP contribution < -0.4 is 4.90 Å². The highest BCUT2D eigenvalue weighted by Gasteiger charge is 2.36. The molecule has 1 heterocycles. The molecule has 0 fully saturated rings. The maximum absolute atomic E-state index is 2.52. The molecule has 0 aliphatic heterocycles. The van der Waals surface area contributed by atoms with E-state index in [0.29, 0.717) is 0 Å². The van der Waals surface area contributed by atoms with Gasteiger partial charge in [0.2, 0.25) is 0 Å². The Morgan fingerprint density at radius 2 is 0.869 bits per heavy atom. The van der Waals surface area contributed by atoms with Gasteiger partial charge in [0.15, 0.2) is 0 Å². The molecule has 2 heteroatoms. The number of anilines is 3. The third-order valence-corrected chi connectivity index (χ3v) is 13.2. The number of nitrogens with zero attached hydrogens (tertiary/aromatic N) is 2. The van der Waals surface area contributed by atoms with Gasteiger partial charge in [0, 0.05) is 38.8 Å². The van der Waals surface area contributed by atoms with Crippen LogP contribution in [-0.2, 0) is 5.41 Å². The first-order valence-electron chi connectivity index (χ1n) is 21.3. The molecule has 12 rings (SSSR count). The number of aromatic nitrogens is 1. The summed E-state index contributed by atoms with van der Waals surface area (Å²) in [4.78, 5) is 2.52. The number of rotatable bonds is 6. The lowest BCUT2D eigenvalue weighted by atomic mass is 9.82. The Morgan fingerprint density at radius 1 is 0.361 bits per heavy atom. The second-order valence-corrected chi connectivity index (χ2v) is 16.9. The fourth-order valence-corrected chi connectivity index (χ4v) is 10.4. The predicted octanol–water partition coefficient (Wildman–Crippen LogP) is 16.2. The van der Waals surface area contributed by atoms with Crippen molar-refractivity contribution >= 4 is 60.4 Å². The number of fused-ring (bicyclic) bond motifs is 8. The molecule has 11 aromatic rings. The third-order valence-electron chi connectivity index (χ3n) is 13.2. The van der Waals surface area contributed by atoms with Crippen LogP contribution >= 0.6 is 0 Å². The summed E-state index contributed by atoms with van der Waals surface area (Å²) in [6.45, 7) is 4.74. The lowest BCUT2D eigenvalue weighted by Gasteiger charge is -2.31. The molecule has 0 atom stereocenters. The second kappa shape index (κ2) is 13.7. The molecule has 1 aromatic heterocycles. The molecule has 288 valence electrons. The molecule has 0 saturated heterocycles. The van der Waals surface area contributed by atoms with Crippen molar-refractivity contribution in [1.29, 1.82) is 0 Å². The van der Waals surface area contributed by atoms with Gasteiger partial charge < -0.3 is 9.47 Å². The monoisotopic (exact) mass is 778 g/mol. The van der Waals surface area contributed by atoms with Gasteiger partial charge in [-0.25, -0.2) is 0 Å². The van der Waals surface area contributed by atoms with Crippen LogP contribution in [0.25, 0.3) is 82.4 Å². The third kappa shape index (κ3) is 5.42. The van der Waals surface area contributed by atoms with Gasteiger partial charge in [-0.1, -0.05) is 184 Å². The molecule has 0 saturated carbocycles. The van der Waals surface area contributed by atoms with Crippen molar-refractivity contribution in [1.82, 2.24) is 4.57 Å². The largest absolute Gasteiger partial charge is 0.310 e. The molecule has 1 aliphatic rings. The number of hydrogen-bond donors (Lipinski definition) is 0. The minimum Gasteiger partial charge on any atom is -0.310 e. The van der Waals surface area contributed by atoms with E-state index in [2.05, 4.69) is 242 Å². The minimum atomic E-state index is -0.165. The highest BCUT2D eigenvalue weighted by molar-refractivity contribution is 6.11. The summed E-state index contributed by atoms with van der Waals surface area (Å²) in [6, 6.07) is 80.7. The molecule has 61 heavy (non-hydrogen) atoms. The molecule has 0 radical (unpaired) electrons. The summed E-state index contributed by atoms with van der Waals surface area (Å²) in [5.41, 5.74) is 16.8. The SMILES string of the molecule is CC1(C)c2ccccc2-c2ccc(N(c3cccc(-n4c5ccccc5c5ccccc54)c3)c3cccc(-c4cccc5ccccc45)c3-c3cccc4ccccc34)cc21. The highest BCUT2D eigenvalue weighted by Crippen LogP contribution is 2.53. The fraction of sp³-hybridized carbons (Fsp3) is 0.0508. The van der Waals surface area contributed by atoms with Crippen molar-refractivity contribution in [2.24, 2.45) is 0 Å². The zero-order valence-electron chi connectivity index (χ0n) is 34.2. The zero-order chi connectivity index (χ0) is 40.7. The first-order valence-corrected chi connectivity index (χ1v) is 21.3. The first kappa shape index (κ1) is 35.3. The number of hydrogen-bond acceptors (Lipinski definition) is 1. The Kier molecular flexibility index (Phi) is 7.92. The number of para-hydroxylation sites is 2. The molecule has 1 aliphatic carbocycles. The Balaban J connectivity index is 1.18. The molecule has 2 nitrogen and oxygen atoms in total. The van der Waals surface area contributed by atoms with Gasteiger partial charge in [-0.2, -0.15) is 0 Å². The van der Waals surface area contributed by atoms with Crippen molar-refractivity contribution < 1.29 is 0 Å². The number of benzene rings is 10. The van der Waals surface area contributed by atoms with Crippen molar-refractivity contribution in [3.8, 4) is 39.1 Å². The van der Waals surface area contributed by atoms with E-state index in [1.165, 1.54) is 87.9 Å². The molecular weight excluding hydrogens is 737 g/mol. The first-order chi connectivity index (χ1) is 30.0. The molecule has 10 aromatic carbocycles. The highest BCUT2D eigenvalue weighted by atomic mass is 15.1. The molecule has 0 unspecified atom stereocenters. The molecule has 0 bridgehead atoms. The molecular formula is C59H42N2. The molecule has 0 N–H and O–H groups in total. The quantitative estimate of drug-likeness (QED) is 0.163. The normalized spacial score (nSPS) is 12.9. The summed E-state index contributed by atoms with van der Waals surface area (Å²) in [7, 11) is 0. The van der Waals surface area contributed by atoms with Crippen molar-refractivity contribution in [2.75, 3.05) is 4.90 Å². The fourth-order valence-electron chi connectivity index (χ4n) is 10.4. The van der Waals surface area contributed by atoms with E-state index in [4.69, 9.17) is 0 Å². The van der Waals surface area contributed by atoms with Gasteiger partial charge in [-0.15, -0.1) is 0 Å².